The maximum atomic E-state index is 14.3. The van der Waals surface area contributed by atoms with Gasteiger partial charge in [-0.05, 0) is 40.9 Å². The topological polar surface area (TPSA) is 55.6 Å². The molecule has 0 bridgehead atoms. The Hall–Kier alpha value is -1.21. The maximum absolute atomic E-state index is 14.3. The summed E-state index contributed by atoms with van der Waals surface area (Å²) in [6.45, 7) is 0.888. The number of nitrogens with zero attached hydrogens (tertiary/aromatic N) is 1. The van der Waals surface area contributed by atoms with Crippen LogP contribution in [-0.4, -0.2) is 37.0 Å². The molecule has 122 valence electrons. The fourth-order valence-corrected chi connectivity index (χ4v) is 2.85. The SMILES string of the molecule is COc1cc(C(F)(F)CC(=O)N2CCC(N)CC2)ccc1Br. The van der Waals surface area contributed by atoms with Crippen LogP contribution < -0.4 is 10.5 Å². The number of halogens is 3. The summed E-state index contributed by atoms with van der Waals surface area (Å²) in [5.74, 6) is -3.46. The van der Waals surface area contributed by atoms with Crippen LogP contribution in [0.4, 0.5) is 8.78 Å². The summed E-state index contributed by atoms with van der Waals surface area (Å²) in [6, 6.07) is 4.10. The molecule has 2 N–H and O–H groups in total. The van der Waals surface area contributed by atoms with Gasteiger partial charge in [-0.1, -0.05) is 6.07 Å². The van der Waals surface area contributed by atoms with E-state index in [9.17, 15) is 13.6 Å². The van der Waals surface area contributed by atoms with Crippen molar-refractivity contribution in [3.63, 3.8) is 0 Å². The molecule has 0 aromatic heterocycles. The molecule has 0 unspecified atom stereocenters. The van der Waals surface area contributed by atoms with E-state index in [1.807, 2.05) is 0 Å². The highest BCUT2D eigenvalue weighted by atomic mass is 79.9. The predicted octanol–water partition coefficient (Wildman–Crippen LogP) is 2.89. The van der Waals surface area contributed by atoms with Crippen LogP contribution in [0.3, 0.4) is 0 Å². The minimum absolute atomic E-state index is 0.0558. The number of ether oxygens (including phenoxy) is 1. The van der Waals surface area contributed by atoms with Crippen molar-refractivity contribution >= 4 is 21.8 Å². The lowest BCUT2D eigenvalue weighted by molar-refractivity contribution is -0.140. The molecule has 1 aromatic rings. The van der Waals surface area contributed by atoms with E-state index < -0.39 is 18.3 Å². The number of amides is 1. The Morgan fingerprint density at radius 1 is 1.45 bits per heavy atom. The molecule has 1 aliphatic rings. The number of piperidine rings is 1. The molecule has 1 fully saturated rings. The van der Waals surface area contributed by atoms with Crippen LogP contribution in [0.2, 0.25) is 0 Å². The Kier molecular flexibility index (Phi) is 5.39. The van der Waals surface area contributed by atoms with E-state index in [4.69, 9.17) is 10.5 Å². The molecule has 0 radical (unpaired) electrons. The number of hydrogen-bond donors (Lipinski definition) is 1. The molecule has 22 heavy (non-hydrogen) atoms. The molecule has 0 saturated carbocycles. The van der Waals surface area contributed by atoms with Gasteiger partial charge >= 0.3 is 0 Å². The average molecular weight is 377 g/mol. The van der Waals surface area contributed by atoms with Crippen molar-refractivity contribution in [1.82, 2.24) is 4.90 Å². The number of carbonyl (C=O) groups is 1. The highest BCUT2D eigenvalue weighted by Crippen LogP contribution is 2.37. The highest BCUT2D eigenvalue weighted by Gasteiger charge is 2.37. The van der Waals surface area contributed by atoms with Gasteiger partial charge in [0.15, 0.2) is 0 Å². The fraction of sp³-hybridized carbons (Fsp3) is 0.533. The summed E-state index contributed by atoms with van der Waals surface area (Å²) in [5, 5.41) is 0. The molecule has 1 aromatic carbocycles. The summed E-state index contributed by atoms with van der Waals surface area (Å²) in [7, 11) is 1.41. The number of likely N-dealkylation sites (tertiary alicyclic amines) is 1. The van der Waals surface area contributed by atoms with Crippen LogP contribution >= 0.6 is 15.9 Å². The van der Waals surface area contributed by atoms with Crippen molar-refractivity contribution in [2.24, 2.45) is 5.73 Å². The van der Waals surface area contributed by atoms with E-state index in [0.29, 0.717) is 36.2 Å². The predicted molar refractivity (Wildman–Crippen MR) is 83.0 cm³/mol. The summed E-state index contributed by atoms with van der Waals surface area (Å²) < 4.78 is 34.3. The number of methoxy groups -OCH3 is 1. The lowest BCUT2D eigenvalue weighted by atomic mass is 10.0. The Morgan fingerprint density at radius 3 is 2.68 bits per heavy atom. The molecule has 0 aliphatic carbocycles. The number of hydrogen-bond acceptors (Lipinski definition) is 3. The zero-order valence-electron chi connectivity index (χ0n) is 12.3. The standard InChI is InChI=1S/C15H19BrF2N2O2/c1-22-13-8-10(2-3-12(13)16)15(17,18)9-14(21)20-6-4-11(19)5-7-20/h2-3,8,11H,4-7,9,19H2,1H3. The van der Waals surface area contributed by atoms with Gasteiger partial charge in [0, 0.05) is 24.7 Å². The number of carbonyl (C=O) groups excluding carboxylic acids is 1. The molecular formula is C15H19BrF2N2O2. The van der Waals surface area contributed by atoms with Crippen molar-refractivity contribution in [3.05, 3.63) is 28.2 Å². The second kappa shape index (κ2) is 6.91. The minimum Gasteiger partial charge on any atom is -0.496 e. The summed E-state index contributed by atoms with van der Waals surface area (Å²) in [6.07, 6.45) is 0.472. The van der Waals surface area contributed by atoms with Gasteiger partial charge in [0.2, 0.25) is 5.91 Å². The zero-order valence-corrected chi connectivity index (χ0v) is 13.9. The first-order chi connectivity index (χ1) is 10.3. The van der Waals surface area contributed by atoms with Crippen molar-refractivity contribution in [2.75, 3.05) is 20.2 Å². The number of benzene rings is 1. The lowest BCUT2D eigenvalue weighted by Gasteiger charge is -2.31. The zero-order chi connectivity index (χ0) is 16.3. The summed E-state index contributed by atoms with van der Waals surface area (Å²) in [5.41, 5.74) is 5.53. The van der Waals surface area contributed by atoms with Crippen molar-refractivity contribution in [2.45, 2.75) is 31.2 Å². The number of alkyl halides is 2. The normalized spacial score (nSPS) is 16.7. The first-order valence-electron chi connectivity index (χ1n) is 7.08. The van der Waals surface area contributed by atoms with Gasteiger partial charge < -0.3 is 15.4 Å². The van der Waals surface area contributed by atoms with Gasteiger partial charge in [0.1, 0.15) is 5.75 Å². The van der Waals surface area contributed by atoms with Crippen LogP contribution in [0, 0.1) is 0 Å². The Morgan fingerprint density at radius 2 is 2.09 bits per heavy atom. The fourth-order valence-electron chi connectivity index (χ4n) is 2.44. The second-order valence-corrected chi connectivity index (χ2v) is 6.30. The Bertz CT molecular complexity index is 546. The minimum atomic E-state index is -3.23. The third-order valence-corrected chi connectivity index (χ3v) is 4.49. The number of rotatable bonds is 4. The molecule has 4 nitrogen and oxygen atoms in total. The first-order valence-corrected chi connectivity index (χ1v) is 7.88. The molecular weight excluding hydrogens is 358 g/mol. The average Bonchev–Trinajstić information content (AvgIpc) is 2.47. The van der Waals surface area contributed by atoms with Crippen LogP contribution in [-0.2, 0) is 10.7 Å². The van der Waals surface area contributed by atoms with Crippen LogP contribution in [0.1, 0.15) is 24.8 Å². The van der Waals surface area contributed by atoms with E-state index in [0.717, 1.165) is 0 Å². The smallest absolute Gasteiger partial charge is 0.282 e. The van der Waals surface area contributed by atoms with Crippen molar-refractivity contribution < 1.29 is 18.3 Å². The molecule has 1 heterocycles. The monoisotopic (exact) mass is 376 g/mol. The van der Waals surface area contributed by atoms with Crippen LogP contribution in [0.5, 0.6) is 5.75 Å². The van der Waals surface area contributed by atoms with E-state index in [1.165, 1.54) is 30.2 Å². The summed E-state index contributed by atoms with van der Waals surface area (Å²) >= 11 is 3.22. The Labute approximate surface area is 136 Å². The third-order valence-electron chi connectivity index (χ3n) is 3.84. The maximum Gasteiger partial charge on any atom is 0.282 e. The van der Waals surface area contributed by atoms with E-state index in [1.54, 1.807) is 0 Å². The highest BCUT2D eigenvalue weighted by molar-refractivity contribution is 9.10. The molecule has 1 amide bonds. The van der Waals surface area contributed by atoms with Gasteiger partial charge in [0.25, 0.3) is 5.92 Å². The number of nitrogens with two attached hydrogens (primary N) is 1. The summed E-state index contributed by atoms with van der Waals surface area (Å²) in [4.78, 5) is 13.5. The van der Waals surface area contributed by atoms with Crippen LogP contribution in [0.15, 0.2) is 22.7 Å². The molecule has 2 rings (SSSR count). The van der Waals surface area contributed by atoms with Crippen LogP contribution in [0.25, 0.3) is 0 Å². The molecule has 0 spiro atoms. The van der Waals surface area contributed by atoms with Crippen molar-refractivity contribution in [1.29, 1.82) is 0 Å². The van der Waals surface area contributed by atoms with Gasteiger partial charge in [-0.15, -0.1) is 0 Å². The molecule has 7 heteroatoms. The van der Waals surface area contributed by atoms with E-state index >= 15 is 0 Å². The van der Waals surface area contributed by atoms with E-state index in [-0.39, 0.29) is 11.6 Å². The lowest BCUT2D eigenvalue weighted by Crippen LogP contribution is -2.44. The van der Waals surface area contributed by atoms with Gasteiger partial charge in [-0.25, -0.2) is 8.78 Å². The quantitative estimate of drug-likeness (QED) is 0.878. The largest absolute Gasteiger partial charge is 0.496 e. The molecule has 0 atom stereocenters. The van der Waals surface area contributed by atoms with Crippen molar-refractivity contribution in [3.8, 4) is 5.75 Å². The molecule has 1 aliphatic heterocycles. The third kappa shape index (κ3) is 3.95. The first kappa shape index (κ1) is 17.1. The van der Waals surface area contributed by atoms with Gasteiger partial charge in [-0.3, -0.25) is 4.79 Å². The second-order valence-electron chi connectivity index (χ2n) is 5.45. The van der Waals surface area contributed by atoms with Gasteiger partial charge in [0.05, 0.1) is 18.0 Å². The molecule has 1 saturated heterocycles. The van der Waals surface area contributed by atoms with E-state index in [2.05, 4.69) is 15.9 Å². The Balaban J connectivity index is 2.08. The van der Waals surface area contributed by atoms with Gasteiger partial charge in [-0.2, -0.15) is 0 Å².